The maximum absolute atomic E-state index is 10.8. The molecule has 10 N–H and O–H groups in total. The van der Waals surface area contributed by atoms with Crippen molar-refractivity contribution in [3.8, 4) is 51.4 Å². The Kier molecular flexibility index (Phi) is 43.6. The van der Waals surface area contributed by atoms with E-state index in [9.17, 15) is 25.4 Å². The van der Waals surface area contributed by atoms with Gasteiger partial charge in [-0.25, -0.2) is 4.68 Å². The molecule has 10 aromatic rings. The summed E-state index contributed by atoms with van der Waals surface area (Å²) in [4.78, 5) is 9.75. The van der Waals surface area contributed by atoms with E-state index in [0.29, 0.717) is 66.8 Å². The number of phenolic OH excluding ortho intramolecular Hbond substituents is 6. The molecule has 572 valence electrons. The van der Waals surface area contributed by atoms with Crippen molar-refractivity contribution in [1.82, 2.24) is 9.78 Å². The second kappa shape index (κ2) is 49.7. The van der Waals surface area contributed by atoms with Gasteiger partial charge < -0.3 is 56.1 Å². The number of benzene rings is 9. The van der Waals surface area contributed by atoms with Gasteiger partial charge in [-0.15, -0.1) is 13.2 Å². The highest BCUT2D eigenvalue weighted by atomic mass is 127. The van der Waals surface area contributed by atoms with Crippen molar-refractivity contribution >= 4 is 149 Å². The zero-order valence-corrected chi connectivity index (χ0v) is 73.7. The van der Waals surface area contributed by atoms with Crippen molar-refractivity contribution in [2.45, 2.75) is 113 Å². The minimum Gasteiger partial charge on any atom is -0.508 e. The van der Waals surface area contributed by atoms with Crippen LogP contribution in [0.1, 0.15) is 79.7 Å². The fourth-order valence-electron chi connectivity index (χ4n) is 9.60. The first kappa shape index (κ1) is 93.9. The highest BCUT2D eigenvalue weighted by Crippen LogP contribution is 2.36. The van der Waals surface area contributed by atoms with Crippen LogP contribution < -0.4 is 10.5 Å². The molecule has 9 aromatic carbocycles. The molecule has 0 saturated carbocycles. The number of fused-ring (bicyclic) bond motifs is 1. The SMILES string of the molecule is C=CCBr.C=CCOc1cccc(I)c1C.C=CCc1ccc(I)c(C)c1O.Cc1c(-c2ccc3c(c2)c(/C=C/c2ccccc2)nn3COCC[Si](C)(C)C)ccc(CCCO)c1O.Cc1c(I)ccc(CCCO)c1O.Cc1c(N)cccc1O.Cc1c(O)cccc1I.Cc1c(O)cccc1[N+](=O)[O-]. The van der Waals surface area contributed by atoms with E-state index in [4.69, 9.17) is 45.8 Å². The van der Waals surface area contributed by atoms with E-state index in [1.165, 1.54) is 34.3 Å². The molecule has 0 fully saturated rings. The summed E-state index contributed by atoms with van der Waals surface area (Å²) in [6, 6.07) is 50.4. The Hall–Kier alpha value is -7.29. The Bertz CT molecular complexity index is 4420. The number of aromatic nitrogens is 2. The molecule has 16 nitrogen and oxygen atoms in total. The summed E-state index contributed by atoms with van der Waals surface area (Å²) in [7, 11) is -1.16. The molecular weight excluding hydrogens is 1880 g/mol. The smallest absolute Gasteiger partial charge is 0.275 e. The number of nitrogen functional groups attached to an aromatic ring is 1. The van der Waals surface area contributed by atoms with Crippen LogP contribution in [0.25, 0.3) is 34.2 Å². The number of aliphatic hydroxyl groups excluding tert-OH is 2. The molecule has 1 aromatic heterocycles. The number of hydrogen-bond acceptors (Lipinski definition) is 14. The highest BCUT2D eigenvalue weighted by Gasteiger charge is 2.17. The Morgan fingerprint density at radius 3 is 1.58 bits per heavy atom. The van der Waals surface area contributed by atoms with Gasteiger partial charge in [0.25, 0.3) is 5.69 Å². The lowest BCUT2D eigenvalue weighted by molar-refractivity contribution is -0.385. The molecule has 0 aliphatic heterocycles. The first-order chi connectivity index (χ1) is 50.8. The summed E-state index contributed by atoms with van der Waals surface area (Å²) in [5.74, 6) is 2.63. The number of nitro benzene ring substituents is 1. The quantitative estimate of drug-likeness (QED) is 0.00474. The van der Waals surface area contributed by atoms with Gasteiger partial charge in [-0.05, 0) is 289 Å². The summed E-state index contributed by atoms with van der Waals surface area (Å²) in [6.07, 6.45) is 12.9. The molecule has 0 saturated heterocycles. The van der Waals surface area contributed by atoms with Gasteiger partial charge in [-0.1, -0.05) is 151 Å². The topological polar surface area (TPSA) is 267 Å². The number of hydrogen-bond donors (Lipinski definition) is 9. The molecule has 22 heteroatoms. The summed E-state index contributed by atoms with van der Waals surface area (Å²) < 4.78 is 17.9. The third kappa shape index (κ3) is 32.1. The molecule has 0 spiro atoms. The number of ether oxygens (including phenoxy) is 2. The van der Waals surface area contributed by atoms with Crippen molar-refractivity contribution in [2.75, 3.05) is 37.5 Å². The van der Waals surface area contributed by atoms with Crippen LogP contribution in [0.3, 0.4) is 0 Å². The molecule has 0 amide bonds. The molecule has 1 heterocycles. The van der Waals surface area contributed by atoms with E-state index in [1.54, 1.807) is 49.4 Å². The number of nitrogens with zero attached hydrogens (tertiary/aromatic N) is 3. The number of allylic oxidation sites excluding steroid dienone is 2. The molecule has 0 aliphatic carbocycles. The number of aliphatic hydroxyl groups is 2. The van der Waals surface area contributed by atoms with E-state index in [2.05, 4.69) is 207 Å². The van der Waals surface area contributed by atoms with Crippen LogP contribution in [0.4, 0.5) is 11.4 Å². The average Bonchev–Trinajstić information content (AvgIpc) is 1.64. The Morgan fingerprint density at radius 2 is 1.07 bits per heavy atom. The number of aromatic hydroxyl groups is 6. The van der Waals surface area contributed by atoms with Crippen LogP contribution in [0.2, 0.25) is 25.7 Å². The van der Waals surface area contributed by atoms with Gasteiger partial charge in [0.1, 0.15) is 53.6 Å². The number of phenols is 6. The Morgan fingerprint density at radius 1 is 0.570 bits per heavy atom. The highest BCUT2D eigenvalue weighted by molar-refractivity contribution is 14.1. The van der Waals surface area contributed by atoms with Crippen molar-refractivity contribution in [3.05, 3.63) is 287 Å². The van der Waals surface area contributed by atoms with Gasteiger partial charge in [-0.3, -0.25) is 10.1 Å². The number of anilines is 1. The third-order valence-corrected chi connectivity index (χ3v) is 23.1. The minimum absolute atomic E-state index is 0.0424. The van der Waals surface area contributed by atoms with E-state index in [-0.39, 0.29) is 30.4 Å². The zero-order chi connectivity index (χ0) is 79.9. The molecule has 0 aliphatic rings. The van der Waals surface area contributed by atoms with Crippen LogP contribution in [-0.2, 0) is 30.7 Å². The maximum atomic E-state index is 10.8. The standard InChI is InChI=1S/C31H38N2O3Si.C10H13IO2.2C10H11IO.C7H7IO.C7H7NO3.C7H9NO.C3H5Br/c1-23-27(15-13-25(31(23)35)11-8-18-34)26-14-17-30-28(21-26)29(16-12-24-9-6-5-7-10-24)32-33(30)22-36-19-20-37(2,3)4;1-7-9(11)5-4-8(10(7)13)3-2-6-12;1-3-7-12-10-6-4-5-9(11)8(10)2;1-3-4-8-5-6-9(11)7(2)10(8)12;1-5-6(8)3-2-4-7(5)9;1-5-6(8(10)11)3-2-4-7(5)9;1-5-6(8)3-2-4-7(5)9;1-2-3-4/h5-7,9-10,12-17,21,34-35H,8,11,18-20,22H2,1-4H3;4-5,12-13H,2-3,6H2,1H3;3-6H,1,7H2,2H3;3,5-6,12H,1,4H2,2H3;2-4,9H,1H3;2-4,9H,1H3;2-4,9H,8H2,1H3;2H,1,3H2/b16-12+;;;;;;;. The fourth-order valence-corrected chi connectivity index (χ4v) is 12.2. The maximum Gasteiger partial charge on any atom is 0.275 e. The van der Waals surface area contributed by atoms with Gasteiger partial charge in [0, 0.05) is 92.5 Å². The second-order valence-electron chi connectivity index (χ2n) is 25.4. The third-order valence-electron chi connectivity index (χ3n) is 16.3. The Labute approximate surface area is 695 Å². The predicted molar refractivity (Wildman–Crippen MR) is 483 cm³/mol. The Balaban J connectivity index is 0.000000351. The molecular formula is C85H101BrI4N4O12Si. The molecule has 107 heavy (non-hydrogen) atoms. The van der Waals surface area contributed by atoms with E-state index >= 15 is 0 Å². The monoisotopic (exact) mass is 1980 g/mol. The number of alkyl halides is 1. The lowest BCUT2D eigenvalue weighted by Crippen LogP contribution is -2.22. The van der Waals surface area contributed by atoms with Gasteiger partial charge in [-0.2, -0.15) is 5.10 Å². The summed E-state index contributed by atoms with van der Waals surface area (Å²) >= 11 is 12.0. The van der Waals surface area contributed by atoms with Crippen molar-refractivity contribution in [3.63, 3.8) is 0 Å². The number of aryl methyl sites for hydroxylation is 2. The van der Waals surface area contributed by atoms with Gasteiger partial charge >= 0.3 is 0 Å². The molecule has 0 radical (unpaired) electrons. The lowest BCUT2D eigenvalue weighted by Gasteiger charge is -2.15. The number of nitro groups is 1. The predicted octanol–water partition coefficient (Wildman–Crippen LogP) is 22.3. The van der Waals surface area contributed by atoms with Crippen molar-refractivity contribution in [1.29, 1.82) is 0 Å². The minimum atomic E-state index is -1.16. The van der Waals surface area contributed by atoms with Crippen molar-refractivity contribution < 1.29 is 55.2 Å². The van der Waals surface area contributed by atoms with Gasteiger partial charge in [0.2, 0.25) is 0 Å². The lowest BCUT2D eigenvalue weighted by atomic mass is 9.94. The number of rotatable bonds is 21. The van der Waals surface area contributed by atoms with Crippen LogP contribution in [0.15, 0.2) is 196 Å². The molecule has 0 unspecified atom stereocenters. The van der Waals surface area contributed by atoms with Crippen LogP contribution in [-0.4, -0.2) is 95.4 Å². The largest absolute Gasteiger partial charge is 0.508 e. The van der Waals surface area contributed by atoms with Crippen LogP contribution in [0, 0.1) is 72.9 Å². The normalized spacial score (nSPS) is 10.4. The molecule has 10 rings (SSSR count). The molecule has 0 atom stereocenters. The average molecular weight is 1990 g/mol. The van der Waals surface area contributed by atoms with Gasteiger partial charge in [0.05, 0.1) is 21.7 Å². The summed E-state index contributed by atoms with van der Waals surface area (Å²) in [6.45, 7) is 32.8. The zero-order valence-electron chi connectivity index (χ0n) is 62.5. The first-order valence-corrected chi connectivity index (χ1v) is 43.4. The second-order valence-corrected chi connectivity index (χ2v) is 36.3. The number of nitrogens with two attached hydrogens (primary N) is 1. The first-order valence-electron chi connectivity index (χ1n) is 34.3. The van der Waals surface area contributed by atoms with E-state index < -0.39 is 13.0 Å². The summed E-state index contributed by atoms with van der Waals surface area (Å²) in [5, 5.41) is 92.3. The van der Waals surface area contributed by atoms with E-state index in [1.807, 2.05) is 105 Å². The van der Waals surface area contributed by atoms with Crippen LogP contribution >= 0.6 is 106 Å². The van der Waals surface area contributed by atoms with Gasteiger partial charge in [0.15, 0.2) is 0 Å². The molecule has 0 bridgehead atoms. The number of halogens is 5. The van der Waals surface area contributed by atoms with E-state index in [0.717, 1.165) is 125 Å². The van der Waals surface area contributed by atoms with Crippen LogP contribution in [0.5, 0.6) is 40.2 Å². The fraction of sp³-hybridized carbons (Fsp3) is 0.259. The summed E-state index contributed by atoms with van der Waals surface area (Å²) in [5.41, 5.74) is 19.8. The van der Waals surface area contributed by atoms with Crippen molar-refractivity contribution in [2.24, 2.45) is 0 Å².